The van der Waals surface area contributed by atoms with Crippen molar-refractivity contribution in [3.8, 4) is 0 Å². The summed E-state index contributed by atoms with van der Waals surface area (Å²) in [4.78, 5) is 42.3. The van der Waals surface area contributed by atoms with Gasteiger partial charge in [0.1, 0.15) is 12.0 Å². The van der Waals surface area contributed by atoms with E-state index in [1.807, 2.05) is 13.8 Å². The lowest BCUT2D eigenvalue weighted by atomic mass is 9.83. The molecular formula is C20H28N2O4. The molecule has 0 saturated carbocycles. The third kappa shape index (κ3) is 3.43. The summed E-state index contributed by atoms with van der Waals surface area (Å²) in [7, 11) is 0. The number of amides is 1. The summed E-state index contributed by atoms with van der Waals surface area (Å²) in [5.41, 5.74) is 0.0155. The van der Waals surface area contributed by atoms with Crippen molar-refractivity contribution in [2.75, 3.05) is 13.1 Å². The van der Waals surface area contributed by atoms with Crippen LogP contribution in [0.5, 0.6) is 0 Å². The number of hydrogen-bond donors (Lipinski definition) is 0. The van der Waals surface area contributed by atoms with E-state index in [0.717, 1.165) is 5.56 Å². The predicted octanol–water partition coefficient (Wildman–Crippen LogP) is 1.45. The second kappa shape index (κ2) is 7.66. The number of aromatic nitrogens is 1. The molecule has 0 radical (unpaired) electrons. The molecule has 0 bridgehead atoms. The third-order valence-corrected chi connectivity index (χ3v) is 5.85. The molecule has 26 heavy (non-hydrogen) atoms. The lowest BCUT2D eigenvalue weighted by Gasteiger charge is -2.40. The Labute approximate surface area is 154 Å². The van der Waals surface area contributed by atoms with Crippen LogP contribution in [0.2, 0.25) is 0 Å². The van der Waals surface area contributed by atoms with Gasteiger partial charge in [-0.3, -0.25) is 9.78 Å². The molecule has 0 spiro atoms. The molecule has 0 aromatic carbocycles. The van der Waals surface area contributed by atoms with Crippen LogP contribution in [0, 0.1) is 5.41 Å². The Balaban J connectivity index is 2.50. The molecule has 2 rings (SSSR count). The Morgan fingerprint density at radius 3 is 2.35 bits per heavy atom. The van der Waals surface area contributed by atoms with E-state index < -0.39 is 29.1 Å². The van der Waals surface area contributed by atoms with E-state index in [4.69, 9.17) is 0 Å². The molecule has 2 unspecified atom stereocenters. The third-order valence-electron chi connectivity index (χ3n) is 5.85. The van der Waals surface area contributed by atoms with Crippen LogP contribution < -0.4 is 5.11 Å². The van der Waals surface area contributed by atoms with Crippen molar-refractivity contribution in [2.24, 2.45) is 5.41 Å². The SMILES string of the molecule is CCC[N+]1(C(=O)C(=O)C(C)(C)CC)CCC(c2ccncc2)[C@H]1C(=O)[O-]. The molecule has 142 valence electrons. The van der Waals surface area contributed by atoms with Crippen LogP contribution in [0.15, 0.2) is 24.5 Å². The number of quaternary nitrogens is 1. The molecule has 1 aromatic heterocycles. The number of nitrogens with zero attached hydrogens (tertiary/aromatic N) is 2. The Morgan fingerprint density at radius 1 is 1.23 bits per heavy atom. The first-order valence-electron chi connectivity index (χ1n) is 9.28. The fourth-order valence-corrected chi connectivity index (χ4v) is 3.97. The van der Waals surface area contributed by atoms with Gasteiger partial charge in [-0.15, -0.1) is 0 Å². The molecule has 1 amide bonds. The zero-order valence-electron chi connectivity index (χ0n) is 16.0. The first-order valence-corrected chi connectivity index (χ1v) is 9.28. The van der Waals surface area contributed by atoms with E-state index in [2.05, 4.69) is 4.98 Å². The van der Waals surface area contributed by atoms with Crippen LogP contribution in [0.4, 0.5) is 0 Å². The minimum absolute atomic E-state index is 0.324. The van der Waals surface area contributed by atoms with E-state index in [1.165, 1.54) is 0 Å². The number of rotatable bonds is 7. The largest absolute Gasteiger partial charge is 0.544 e. The number of carboxylic acid groups (broad SMARTS) is 1. The summed E-state index contributed by atoms with van der Waals surface area (Å²) in [6.45, 7) is 7.89. The average molecular weight is 360 g/mol. The highest BCUT2D eigenvalue weighted by Gasteiger charge is 2.57. The van der Waals surface area contributed by atoms with E-state index in [9.17, 15) is 19.5 Å². The maximum absolute atomic E-state index is 13.3. The van der Waals surface area contributed by atoms with Crippen LogP contribution in [-0.2, 0) is 14.4 Å². The number of carboxylic acids is 1. The van der Waals surface area contributed by atoms with E-state index >= 15 is 0 Å². The second-order valence-corrected chi connectivity index (χ2v) is 7.79. The zero-order chi connectivity index (χ0) is 19.5. The van der Waals surface area contributed by atoms with Crippen molar-refractivity contribution < 1.29 is 24.0 Å². The Bertz CT molecular complexity index is 686. The van der Waals surface area contributed by atoms with Gasteiger partial charge in [0.15, 0.2) is 0 Å². The summed E-state index contributed by atoms with van der Waals surface area (Å²) in [5.74, 6) is -2.72. The molecule has 1 aliphatic heterocycles. The smallest absolute Gasteiger partial charge is 0.382 e. The molecule has 0 aliphatic carbocycles. The first-order chi connectivity index (χ1) is 12.2. The number of aliphatic carboxylic acids is 1. The molecule has 3 atom stereocenters. The number of ketones is 1. The number of hydrogen-bond acceptors (Lipinski definition) is 5. The van der Waals surface area contributed by atoms with Crippen LogP contribution in [0.25, 0.3) is 0 Å². The maximum Gasteiger partial charge on any atom is 0.382 e. The van der Waals surface area contributed by atoms with E-state index in [-0.39, 0.29) is 10.4 Å². The van der Waals surface area contributed by atoms with Crippen molar-refractivity contribution in [3.05, 3.63) is 30.1 Å². The van der Waals surface area contributed by atoms with Crippen molar-refractivity contribution in [2.45, 2.75) is 58.9 Å². The first kappa shape index (κ1) is 20.2. The normalized spacial score (nSPS) is 25.8. The highest BCUT2D eigenvalue weighted by molar-refractivity contribution is 6.35. The summed E-state index contributed by atoms with van der Waals surface area (Å²) in [6.07, 6.45) is 4.88. The summed E-state index contributed by atoms with van der Waals surface area (Å²) >= 11 is 0. The van der Waals surface area contributed by atoms with Gasteiger partial charge in [-0.2, -0.15) is 0 Å². The van der Waals surface area contributed by atoms with Gasteiger partial charge in [0, 0.05) is 30.1 Å². The van der Waals surface area contributed by atoms with Crippen molar-refractivity contribution in [1.82, 2.24) is 4.98 Å². The summed E-state index contributed by atoms with van der Waals surface area (Å²) in [6, 6.07) is 2.49. The van der Waals surface area contributed by atoms with Gasteiger partial charge in [0.25, 0.3) is 5.78 Å². The van der Waals surface area contributed by atoms with Gasteiger partial charge in [0.05, 0.1) is 13.1 Å². The van der Waals surface area contributed by atoms with E-state index in [0.29, 0.717) is 32.4 Å². The predicted molar refractivity (Wildman–Crippen MR) is 94.8 cm³/mol. The highest BCUT2D eigenvalue weighted by Crippen LogP contribution is 2.40. The van der Waals surface area contributed by atoms with Gasteiger partial charge < -0.3 is 9.90 Å². The number of carbonyl (C=O) groups is 3. The van der Waals surface area contributed by atoms with Crippen molar-refractivity contribution in [1.29, 1.82) is 0 Å². The Kier molecular flexibility index (Phi) is 5.96. The second-order valence-electron chi connectivity index (χ2n) is 7.79. The number of Topliss-reactive ketones (excluding diaryl/α,β-unsaturated/α-hetero) is 1. The molecule has 1 saturated heterocycles. The quantitative estimate of drug-likeness (QED) is 0.542. The molecule has 6 nitrogen and oxygen atoms in total. The standard InChI is InChI=1S/C20H28N2O4/c1-5-12-22(18(24)17(23)20(3,4)6-2)13-9-15(16(22)19(25)26)14-7-10-21-11-8-14/h7-8,10-11,15-16H,5-6,9,12-13H2,1-4H3/t15?,16-,22?/m0/s1. The molecule has 1 aromatic rings. The fourth-order valence-electron chi connectivity index (χ4n) is 3.97. The van der Waals surface area contributed by atoms with Crippen LogP contribution >= 0.6 is 0 Å². The molecule has 1 fully saturated rings. The number of pyridine rings is 1. The molecule has 6 heteroatoms. The van der Waals surface area contributed by atoms with Gasteiger partial charge in [0.2, 0.25) is 0 Å². The lowest BCUT2D eigenvalue weighted by Crippen LogP contribution is -2.65. The van der Waals surface area contributed by atoms with Gasteiger partial charge in [-0.1, -0.05) is 27.7 Å². The Hall–Kier alpha value is -2.08. The van der Waals surface area contributed by atoms with Gasteiger partial charge in [-0.25, -0.2) is 9.28 Å². The fraction of sp³-hybridized carbons (Fsp3) is 0.600. The molecular weight excluding hydrogens is 332 g/mol. The zero-order valence-corrected chi connectivity index (χ0v) is 16.0. The van der Waals surface area contributed by atoms with Crippen LogP contribution in [0.1, 0.15) is 58.4 Å². The average Bonchev–Trinajstić information content (AvgIpc) is 3.02. The monoisotopic (exact) mass is 360 g/mol. The highest BCUT2D eigenvalue weighted by atomic mass is 16.4. The van der Waals surface area contributed by atoms with Gasteiger partial charge in [-0.05, 0) is 30.5 Å². The van der Waals surface area contributed by atoms with Crippen LogP contribution in [-0.4, -0.2) is 46.3 Å². The number of likely N-dealkylation sites (tertiary alicyclic amines) is 1. The summed E-state index contributed by atoms with van der Waals surface area (Å²) in [5, 5.41) is 12.1. The van der Waals surface area contributed by atoms with Crippen molar-refractivity contribution >= 4 is 17.7 Å². The number of carbonyl (C=O) groups excluding carboxylic acids is 3. The minimum Gasteiger partial charge on any atom is -0.544 e. The topological polar surface area (TPSA) is 87.2 Å². The molecule has 0 N–H and O–H groups in total. The molecule has 1 aliphatic rings. The Morgan fingerprint density at radius 2 is 1.85 bits per heavy atom. The lowest BCUT2D eigenvalue weighted by molar-refractivity contribution is -0.858. The summed E-state index contributed by atoms with van der Waals surface area (Å²) < 4.78 is -0.339. The van der Waals surface area contributed by atoms with Gasteiger partial charge >= 0.3 is 5.91 Å². The maximum atomic E-state index is 13.3. The molecule has 2 heterocycles. The van der Waals surface area contributed by atoms with Crippen molar-refractivity contribution in [3.63, 3.8) is 0 Å². The van der Waals surface area contributed by atoms with Crippen LogP contribution in [0.3, 0.4) is 0 Å². The van der Waals surface area contributed by atoms with E-state index in [1.54, 1.807) is 38.4 Å². The minimum atomic E-state index is -1.27.